The van der Waals surface area contributed by atoms with E-state index in [0.29, 0.717) is 0 Å². The molecule has 0 fully saturated rings. The molecule has 0 saturated carbocycles. The first-order chi connectivity index (χ1) is 6.91. The summed E-state index contributed by atoms with van der Waals surface area (Å²) in [7, 11) is 0. The first-order valence-corrected chi connectivity index (χ1v) is 12.9. The molecule has 0 saturated heterocycles. The van der Waals surface area contributed by atoms with Crippen molar-refractivity contribution in [1.82, 2.24) is 0 Å². The van der Waals surface area contributed by atoms with Crippen LogP contribution < -0.4 is 0 Å². The molecule has 0 N–H and O–H groups in total. The van der Waals surface area contributed by atoms with Gasteiger partial charge in [-0.25, -0.2) is 0 Å². The molecule has 0 aromatic rings. The third-order valence-corrected chi connectivity index (χ3v) is 2.35. The summed E-state index contributed by atoms with van der Waals surface area (Å²) >= 11 is 4.25. The topological polar surface area (TPSA) is 0 Å². The van der Waals surface area contributed by atoms with Gasteiger partial charge in [0.15, 0.2) is 0 Å². The molecule has 0 aromatic heterocycles. The Morgan fingerprint density at radius 2 is 1.14 bits per heavy atom. The average Bonchev–Trinajstić information content (AvgIpc) is 2.25. The fourth-order valence-corrected chi connectivity index (χ4v) is 1.49. The Bertz CT molecular complexity index is 66.7. The molecule has 0 heterocycles. The first-order valence-electron chi connectivity index (χ1n) is 5.97. The second kappa shape index (κ2) is 19.6. The van der Waals surface area contributed by atoms with Gasteiger partial charge in [-0.3, -0.25) is 0 Å². The Morgan fingerprint density at radius 1 is 0.786 bits per heavy atom. The van der Waals surface area contributed by atoms with E-state index in [1.54, 1.807) is 0 Å². The standard InChI is InChI=1S/C12H25.BrH.Zn/c1-3-5-7-9-11-12-10-8-6-4-2;;/h1,3-12H2,2H3;1H;/q-1;;+2/p-1. The van der Waals surface area contributed by atoms with Crippen LogP contribution in [0.15, 0.2) is 0 Å². The summed E-state index contributed by atoms with van der Waals surface area (Å²) in [5.74, 6) is 0. The molecule has 0 rings (SSSR count). The van der Waals surface area contributed by atoms with Crippen LogP contribution in [0.25, 0.3) is 0 Å². The Labute approximate surface area is 108 Å². The molecule has 0 aliphatic carbocycles. The van der Waals surface area contributed by atoms with Crippen molar-refractivity contribution < 1.29 is 16.3 Å². The van der Waals surface area contributed by atoms with Crippen molar-refractivity contribution in [3.8, 4) is 0 Å². The van der Waals surface area contributed by atoms with Crippen molar-refractivity contribution in [3.63, 3.8) is 0 Å². The van der Waals surface area contributed by atoms with E-state index in [1.165, 1.54) is 74.1 Å². The molecule has 2 heteroatoms. The van der Waals surface area contributed by atoms with Crippen LogP contribution in [-0.4, -0.2) is 0 Å². The minimum absolute atomic E-state index is 1.12. The van der Waals surface area contributed by atoms with Gasteiger partial charge in [-0.2, -0.15) is 6.42 Å². The van der Waals surface area contributed by atoms with Gasteiger partial charge in [0, 0.05) is 0 Å². The number of rotatable bonds is 9. The fourth-order valence-electron chi connectivity index (χ4n) is 1.49. The van der Waals surface area contributed by atoms with Gasteiger partial charge in [-0.05, 0) is 0 Å². The number of hydrogen-bond acceptors (Lipinski definition) is 0. The summed E-state index contributed by atoms with van der Waals surface area (Å²) in [4.78, 5) is 0. The van der Waals surface area contributed by atoms with Crippen molar-refractivity contribution in [3.05, 3.63) is 6.92 Å². The van der Waals surface area contributed by atoms with Crippen molar-refractivity contribution >= 4 is 13.6 Å². The zero-order valence-electron chi connectivity index (χ0n) is 9.86. The van der Waals surface area contributed by atoms with E-state index >= 15 is 0 Å². The van der Waals surface area contributed by atoms with Crippen LogP contribution in [0, 0.1) is 6.92 Å². The van der Waals surface area contributed by atoms with E-state index in [9.17, 15) is 0 Å². The van der Waals surface area contributed by atoms with Gasteiger partial charge in [-0.15, -0.1) is 0 Å². The Kier molecular flexibility index (Phi) is 24.5. The Morgan fingerprint density at radius 3 is 1.50 bits per heavy atom. The third-order valence-electron chi connectivity index (χ3n) is 2.35. The van der Waals surface area contributed by atoms with E-state index in [-0.39, 0.29) is 0 Å². The number of halogens is 1. The van der Waals surface area contributed by atoms with Gasteiger partial charge in [0.1, 0.15) is 0 Å². The molecule has 0 aromatic carbocycles. The molecule has 82 valence electrons. The minimum atomic E-state index is 1.12. The summed E-state index contributed by atoms with van der Waals surface area (Å²) in [5.41, 5.74) is 0. The van der Waals surface area contributed by atoms with Crippen LogP contribution >= 0.6 is 13.6 Å². The second-order valence-electron chi connectivity index (χ2n) is 3.68. The molecular weight excluding hydrogens is 289 g/mol. The van der Waals surface area contributed by atoms with E-state index in [4.69, 9.17) is 0 Å². The zero-order valence-corrected chi connectivity index (χ0v) is 14.4. The third kappa shape index (κ3) is 18.8. The van der Waals surface area contributed by atoms with Gasteiger partial charge in [-0.1, -0.05) is 64.7 Å². The molecule has 0 amide bonds. The first kappa shape index (κ1) is 17.5. The van der Waals surface area contributed by atoms with Crippen molar-refractivity contribution in [2.24, 2.45) is 0 Å². The van der Waals surface area contributed by atoms with Crippen LogP contribution in [0.2, 0.25) is 0 Å². The average molecular weight is 315 g/mol. The predicted octanol–water partition coefficient (Wildman–Crippen LogP) is 5.58. The Hall–Kier alpha value is 1.10. The van der Waals surface area contributed by atoms with Crippen molar-refractivity contribution in [1.29, 1.82) is 0 Å². The van der Waals surface area contributed by atoms with Crippen LogP contribution in [0.5, 0.6) is 0 Å². The molecule has 0 spiro atoms. The number of hydrogen-bond donors (Lipinski definition) is 0. The molecule has 0 nitrogen and oxygen atoms in total. The molecule has 0 aliphatic heterocycles. The van der Waals surface area contributed by atoms with E-state index < -0.39 is 0 Å². The molecule has 14 heavy (non-hydrogen) atoms. The van der Waals surface area contributed by atoms with Gasteiger partial charge in [0.05, 0.1) is 0 Å². The van der Waals surface area contributed by atoms with Crippen LogP contribution in [0.4, 0.5) is 0 Å². The van der Waals surface area contributed by atoms with Gasteiger partial charge >= 0.3 is 30.0 Å². The monoisotopic (exact) mass is 312 g/mol. The maximum absolute atomic E-state index is 3.84. The summed E-state index contributed by atoms with van der Waals surface area (Å²) in [6, 6.07) is 0. The molecule has 0 unspecified atom stereocenters. The maximum atomic E-state index is 3.84. The van der Waals surface area contributed by atoms with Gasteiger partial charge < -0.3 is 6.92 Å². The SMILES string of the molecule is [CH2-]CCCCCCCCCCC.[Zn+][Br]. The summed E-state index contributed by atoms with van der Waals surface area (Å²) in [6.45, 7) is 6.12. The summed E-state index contributed by atoms with van der Waals surface area (Å²) in [6.07, 6.45) is 13.9. The normalized spacial score (nSPS) is 9.50. The zero-order chi connectivity index (χ0) is 11.1. The van der Waals surface area contributed by atoms with Crippen molar-refractivity contribution in [2.75, 3.05) is 0 Å². The van der Waals surface area contributed by atoms with Gasteiger partial charge in [0.2, 0.25) is 0 Å². The second-order valence-corrected chi connectivity index (χ2v) is 3.68. The molecule has 0 radical (unpaired) electrons. The van der Waals surface area contributed by atoms with Crippen molar-refractivity contribution in [2.45, 2.75) is 71.1 Å². The van der Waals surface area contributed by atoms with Crippen LogP contribution in [-0.2, 0) is 16.3 Å². The van der Waals surface area contributed by atoms with E-state index in [0.717, 1.165) is 6.42 Å². The predicted molar refractivity (Wildman–Crippen MR) is 66.1 cm³/mol. The summed E-state index contributed by atoms with van der Waals surface area (Å²) in [5, 5.41) is 0. The van der Waals surface area contributed by atoms with Crippen LogP contribution in [0.1, 0.15) is 71.1 Å². The Balaban J connectivity index is 0. The fraction of sp³-hybridized carbons (Fsp3) is 0.917. The number of unbranched alkanes of at least 4 members (excludes halogenated alkanes) is 9. The molecule has 0 bridgehead atoms. The van der Waals surface area contributed by atoms with Gasteiger partial charge in [0.25, 0.3) is 0 Å². The van der Waals surface area contributed by atoms with Crippen LogP contribution in [0.3, 0.4) is 0 Å². The molecule has 0 aliphatic rings. The van der Waals surface area contributed by atoms with E-state index in [1.807, 2.05) is 0 Å². The quantitative estimate of drug-likeness (QED) is 0.296. The van der Waals surface area contributed by atoms with E-state index in [2.05, 4.69) is 27.5 Å². The molecular formula is C12H25BrZn. The molecule has 0 atom stereocenters. The summed E-state index contributed by atoms with van der Waals surface area (Å²) < 4.78 is 0.